The Morgan fingerprint density at radius 2 is 1.19 bits per heavy atom. The molecule has 0 unspecified atom stereocenters. The number of nitrogens with two attached hydrogens (primary N) is 2. The van der Waals surface area contributed by atoms with E-state index in [0.717, 1.165) is 0 Å². The molecule has 0 aliphatic rings. The van der Waals surface area contributed by atoms with Crippen molar-refractivity contribution in [1.82, 2.24) is 21.3 Å². The second-order valence-electron chi connectivity index (χ2n) is 8.91. The quantitative estimate of drug-likeness (QED) is 0.0990. The molecular formula is C22H40N6O8. The molecule has 0 aromatic rings. The molecule has 0 aromatic heterocycles. The van der Waals surface area contributed by atoms with Crippen LogP contribution < -0.4 is 32.7 Å². The summed E-state index contributed by atoms with van der Waals surface area (Å²) < 4.78 is 0. The lowest BCUT2D eigenvalue weighted by Crippen LogP contribution is -2.57. The van der Waals surface area contributed by atoms with Gasteiger partial charge in [-0.15, -0.1) is 0 Å². The van der Waals surface area contributed by atoms with E-state index in [9.17, 15) is 33.9 Å². The van der Waals surface area contributed by atoms with Crippen LogP contribution in [0.3, 0.4) is 0 Å². The summed E-state index contributed by atoms with van der Waals surface area (Å²) in [4.78, 5) is 72.1. The highest BCUT2D eigenvalue weighted by Gasteiger charge is 2.29. The molecule has 0 bridgehead atoms. The van der Waals surface area contributed by atoms with E-state index in [-0.39, 0.29) is 18.8 Å². The lowest BCUT2D eigenvalue weighted by atomic mass is 10.0. The summed E-state index contributed by atoms with van der Waals surface area (Å²) in [5, 5.41) is 27.7. The van der Waals surface area contributed by atoms with Gasteiger partial charge in [-0.25, -0.2) is 4.79 Å². The van der Waals surface area contributed by atoms with Gasteiger partial charge >= 0.3 is 11.9 Å². The van der Waals surface area contributed by atoms with Gasteiger partial charge in [-0.3, -0.25) is 24.0 Å². The number of carboxylic acids is 2. The van der Waals surface area contributed by atoms with E-state index >= 15 is 0 Å². The van der Waals surface area contributed by atoms with E-state index in [4.69, 9.17) is 16.6 Å². The average Bonchev–Trinajstić information content (AvgIpc) is 2.79. The highest BCUT2D eigenvalue weighted by Crippen LogP contribution is 2.04. The van der Waals surface area contributed by atoms with Gasteiger partial charge in [0.1, 0.15) is 24.2 Å². The largest absolute Gasteiger partial charge is 0.481 e. The first-order chi connectivity index (χ1) is 16.7. The molecule has 0 radical (unpaired) electrons. The van der Waals surface area contributed by atoms with Crippen LogP contribution in [0, 0.1) is 5.92 Å². The zero-order valence-corrected chi connectivity index (χ0v) is 21.2. The highest BCUT2D eigenvalue weighted by molar-refractivity contribution is 5.95. The molecule has 0 aliphatic heterocycles. The second-order valence-corrected chi connectivity index (χ2v) is 8.91. The summed E-state index contributed by atoms with van der Waals surface area (Å²) in [5.74, 6) is -5.54. The molecule has 14 heteroatoms. The molecule has 0 spiro atoms. The van der Waals surface area contributed by atoms with Crippen LogP contribution in [0.4, 0.5) is 0 Å². The SMILES string of the molecule is CC(C)[C@H](N)C(=O)N[C@@H](CCC(=O)O)C(=O)N[C@@H](C)C(=O)N[C@@H](C)C(=O)N[C@@H](CCCCN)C(=O)O. The maximum absolute atomic E-state index is 12.7. The van der Waals surface area contributed by atoms with Gasteiger partial charge in [0.25, 0.3) is 0 Å². The summed E-state index contributed by atoms with van der Waals surface area (Å²) in [5.41, 5.74) is 11.2. The molecule has 0 saturated heterocycles. The minimum absolute atomic E-state index is 0.176. The Morgan fingerprint density at radius 3 is 1.67 bits per heavy atom. The zero-order valence-electron chi connectivity index (χ0n) is 21.2. The van der Waals surface area contributed by atoms with Crippen LogP contribution >= 0.6 is 0 Å². The molecule has 5 atom stereocenters. The number of rotatable bonds is 17. The number of hydrogen-bond donors (Lipinski definition) is 8. The maximum Gasteiger partial charge on any atom is 0.326 e. The van der Waals surface area contributed by atoms with Gasteiger partial charge in [0.05, 0.1) is 6.04 Å². The number of hydrogen-bond acceptors (Lipinski definition) is 8. The molecule has 0 heterocycles. The van der Waals surface area contributed by atoms with E-state index < -0.39 is 72.2 Å². The Kier molecular flexibility index (Phi) is 14.9. The number of unbranched alkanes of at least 4 members (excludes halogenated alkanes) is 1. The minimum atomic E-state index is -1.25. The minimum Gasteiger partial charge on any atom is -0.481 e. The Morgan fingerprint density at radius 1 is 0.694 bits per heavy atom. The Balaban J connectivity index is 5.07. The van der Waals surface area contributed by atoms with Crippen LogP contribution in [-0.4, -0.2) is 82.5 Å². The summed E-state index contributed by atoms with van der Waals surface area (Å²) in [7, 11) is 0. The van der Waals surface area contributed by atoms with Crippen LogP contribution in [0.1, 0.15) is 59.8 Å². The van der Waals surface area contributed by atoms with Crippen LogP contribution in [0.2, 0.25) is 0 Å². The van der Waals surface area contributed by atoms with Gasteiger partial charge in [-0.2, -0.15) is 0 Å². The van der Waals surface area contributed by atoms with Crippen LogP contribution in [0.25, 0.3) is 0 Å². The van der Waals surface area contributed by atoms with E-state index in [1.807, 2.05) is 0 Å². The van der Waals surface area contributed by atoms with E-state index in [2.05, 4.69) is 21.3 Å². The number of carbonyl (C=O) groups is 6. The number of amides is 4. The number of aliphatic carboxylic acids is 2. The third-order valence-corrected chi connectivity index (χ3v) is 5.37. The normalized spacial score (nSPS) is 15.1. The smallest absolute Gasteiger partial charge is 0.326 e. The lowest BCUT2D eigenvalue weighted by molar-refractivity contribution is -0.142. The van der Waals surface area contributed by atoms with Crippen molar-refractivity contribution in [2.24, 2.45) is 17.4 Å². The molecule has 4 amide bonds. The second kappa shape index (κ2) is 16.4. The fourth-order valence-electron chi connectivity index (χ4n) is 2.94. The summed E-state index contributed by atoms with van der Waals surface area (Å²) in [6, 6.07) is -5.58. The van der Waals surface area contributed by atoms with Crippen molar-refractivity contribution in [2.45, 2.75) is 90.0 Å². The lowest BCUT2D eigenvalue weighted by Gasteiger charge is -2.24. The number of nitrogens with one attached hydrogen (secondary N) is 4. The van der Waals surface area contributed by atoms with E-state index in [1.165, 1.54) is 13.8 Å². The zero-order chi connectivity index (χ0) is 28.0. The van der Waals surface area contributed by atoms with Crippen molar-refractivity contribution in [3.8, 4) is 0 Å². The number of carboxylic acid groups (broad SMARTS) is 2. The van der Waals surface area contributed by atoms with Crippen molar-refractivity contribution >= 4 is 35.6 Å². The third-order valence-electron chi connectivity index (χ3n) is 5.37. The molecule has 0 aliphatic carbocycles. The predicted molar refractivity (Wildman–Crippen MR) is 129 cm³/mol. The van der Waals surface area contributed by atoms with Crippen molar-refractivity contribution in [3.05, 3.63) is 0 Å². The molecule has 206 valence electrons. The van der Waals surface area contributed by atoms with Crippen LogP contribution in [0.5, 0.6) is 0 Å². The van der Waals surface area contributed by atoms with Crippen molar-refractivity contribution in [3.63, 3.8) is 0 Å². The monoisotopic (exact) mass is 516 g/mol. The van der Waals surface area contributed by atoms with Gasteiger partial charge in [-0.05, 0) is 52.0 Å². The Bertz CT molecular complexity index is 791. The van der Waals surface area contributed by atoms with Gasteiger partial charge < -0.3 is 42.9 Å². The fraction of sp³-hybridized carbons (Fsp3) is 0.727. The summed E-state index contributed by atoms with van der Waals surface area (Å²) in [6.45, 7) is 6.49. The first kappa shape index (κ1) is 32.7. The maximum atomic E-state index is 12.7. The van der Waals surface area contributed by atoms with E-state index in [1.54, 1.807) is 13.8 Å². The predicted octanol–water partition coefficient (Wildman–Crippen LogP) is -1.97. The fourth-order valence-corrected chi connectivity index (χ4v) is 2.94. The highest BCUT2D eigenvalue weighted by atomic mass is 16.4. The third kappa shape index (κ3) is 12.4. The molecule has 0 fully saturated rings. The number of carbonyl (C=O) groups excluding carboxylic acids is 4. The van der Waals surface area contributed by atoms with Gasteiger partial charge in [0, 0.05) is 6.42 Å². The molecule has 14 nitrogen and oxygen atoms in total. The standard InChI is InChI=1S/C22H40N6O8/c1-11(2)17(24)21(34)27-14(8-9-16(29)30)20(33)26-12(3)18(31)25-13(4)19(32)28-15(22(35)36)7-5-6-10-23/h11-15,17H,5-10,23-24H2,1-4H3,(H,25,31)(H,26,33)(H,27,34)(H,28,32)(H,29,30)(H,35,36)/t12-,13-,14-,15-,17-/m0/s1. The summed E-state index contributed by atoms with van der Waals surface area (Å²) >= 11 is 0. The molecule has 0 aromatic carbocycles. The Hall–Kier alpha value is -3.26. The first-order valence-electron chi connectivity index (χ1n) is 11.8. The van der Waals surface area contributed by atoms with Gasteiger partial charge in [0.2, 0.25) is 23.6 Å². The average molecular weight is 517 g/mol. The van der Waals surface area contributed by atoms with Crippen molar-refractivity contribution < 1.29 is 39.0 Å². The van der Waals surface area contributed by atoms with Crippen LogP contribution in [0.15, 0.2) is 0 Å². The Labute approximate surface area is 210 Å². The summed E-state index contributed by atoms with van der Waals surface area (Å²) in [6.07, 6.45) is 0.629. The molecular weight excluding hydrogens is 476 g/mol. The van der Waals surface area contributed by atoms with E-state index in [0.29, 0.717) is 19.4 Å². The topological polar surface area (TPSA) is 243 Å². The van der Waals surface area contributed by atoms with Crippen LogP contribution in [-0.2, 0) is 28.8 Å². The van der Waals surface area contributed by atoms with Gasteiger partial charge in [-0.1, -0.05) is 13.8 Å². The molecule has 36 heavy (non-hydrogen) atoms. The molecule has 0 saturated carbocycles. The molecule has 10 N–H and O–H groups in total. The van der Waals surface area contributed by atoms with Crippen molar-refractivity contribution in [1.29, 1.82) is 0 Å². The first-order valence-corrected chi connectivity index (χ1v) is 11.8. The van der Waals surface area contributed by atoms with Crippen molar-refractivity contribution in [2.75, 3.05) is 6.54 Å². The van der Waals surface area contributed by atoms with Gasteiger partial charge in [0.15, 0.2) is 0 Å². The molecule has 0 rings (SSSR count).